The van der Waals surface area contributed by atoms with E-state index in [1.54, 1.807) is 0 Å². The lowest BCUT2D eigenvalue weighted by molar-refractivity contribution is 0.250. The Morgan fingerprint density at radius 3 is 2.45 bits per heavy atom. The van der Waals surface area contributed by atoms with Gasteiger partial charge in [0.1, 0.15) is 0 Å². The molecular weight excluding hydrogens is 276 g/mol. The summed E-state index contributed by atoms with van der Waals surface area (Å²) in [5, 5.41) is 5.71. The summed E-state index contributed by atoms with van der Waals surface area (Å²) in [6, 6.07) is 7.97. The number of amides is 2. The van der Waals surface area contributed by atoms with Crippen molar-refractivity contribution in [2.45, 2.75) is 19.8 Å². The second-order valence-corrected chi connectivity index (χ2v) is 6.40. The number of piperidine rings is 1. The molecule has 1 aromatic rings. The summed E-state index contributed by atoms with van der Waals surface area (Å²) in [6.45, 7) is 6.04. The van der Waals surface area contributed by atoms with Crippen molar-refractivity contribution in [1.29, 1.82) is 0 Å². The zero-order valence-electron chi connectivity index (χ0n) is 13.9. The Hall–Kier alpha value is -1.75. The van der Waals surface area contributed by atoms with Gasteiger partial charge in [0.05, 0.1) is 0 Å². The maximum atomic E-state index is 11.8. The largest absolute Gasteiger partial charge is 0.372 e. The first-order valence-electron chi connectivity index (χ1n) is 8.09. The number of benzene rings is 1. The lowest BCUT2D eigenvalue weighted by atomic mass is 9.99. The zero-order valence-corrected chi connectivity index (χ0v) is 13.9. The molecule has 5 heteroatoms. The molecule has 0 aromatic heterocycles. The van der Waals surface area contributed by atoms with E-state index in [4.69, 9.17) is 0 Å². The topological polar surface area (TPSA) is 47.6 Å². The van der Waals surface area contributed by atoms with Gasteiger partial charge in [0, 0.05) is 37.6 Å². The molecule has 1 heterocycles. The van der Waals surface area contributed by atoms with Crippen LogP contribution in [0.5, 0.6) is 0 Å². The first kappa shape index (κ1) is 16.6. The molecule has 1 fully saturated rings. The summed E-state index contributed by atoms with van der Waals surface area (Å²) in [4.78, 5) is 16.2. The predicted molar refractivity (Wildman–Crippen MR) is 92.6 cm³/mol. The maximum absolute atomic E-state index is 11.8. The third kappa shape index (κ3) is 5.22. The van der Waals surface area contributed by atoms with Crippen LogP contribution in [0.3, 0.4) is 0 Å². The Morgan fingerprint density at radius 2 is 1.86 bits per heavy atom. The van der Waals surface area contributed by atoms with Crippen LogP contribution >= 0.6 is 0 Å². The van der Waals surface area contributed by atoms with E-state index in [0.29, 0.717) is 6.54 Å². The summed E-state index contributed by atoms with van der Waals surface area (Å²) in [6.07, 6.45) is 2.52. The van der Waals surface area contributed by atoms with E-state index in [0.717, 1.165) is 31.2 Å². The average molecular weight is 304 g/mol. The molecule has 0 aliphatic carbocycles. The molecule has 5 nitrogen and oxygen atoms in total. The number of rotatable bonds is 5. The fourth-order valence-electron chi connectivity index (χ4n) is 2.59. The van der Waals surface area contributed by atoms with E-state index < -0.39 is 0 Å². The number of nitrogens with one attached hydrogen (secondary N) is 2. The van der Waals surface area contributed by atoms with Crippen LogP contribution in [0.2, 0.25) is 0 Å². The van der Waals surface area contributed by atoms with E-state index in [9.17, 15) is 4.79 Å². The normalized spacial score (nSPS) is 15.9. The van der Waals surface area contributed by atoms with Gasteiger partial charge in [-0.1, -0.05) is 6.92 Å². The summed E-state index contributed by atoms with van der Waals surface area (Å²) < 4.78 is 0. The molecule has 0 saturated carbocycles. The highest BCUT2D eigenvalue weighted by atomic mass is 16.2. The lowest BCUT2D eigenvalue weighted by Gasteiger charge is -2.32. The molecule has 0 bridgehead atoms. The highest BCUT2D eigenvalue weighted by Crippen LogP contribution is 2.24. The van der Waals surface area contributed by atoms with E-state index in [-0.39, 0.29) is 6.03 Å². The molecule has 0 unspecified atom stereocenters. The predicted octanol–water partition coefficient (Wildman–Crippen LogP) is 2.61. The van der Waals surface area contributed by atoms with Gasteiger partial charge >= 0.3 is 6.03 Å². The van der Waals surface area contributed by atoms with Crippen molar-refractivity contribution in [3.05, 3.63) is 24.3 Å². The van der Waals surface area contributed by atoms with Crippen LogP contribution in [-0.2, 0) is 0 Å². The lowest BCUT2D eigenvalue weighted by Crippen LogP contribution is -2.34. The number of anilines is 2. The molecule has 0 spiro atoms. The number of urea groups is 1. The van der Waals surface area contributed by atoms with Gasteiger partial charge < -0.3 is 20.4 Å². The standard InChI is InChI=1S/C17H28N4O/c1-14-8-11-21(12-9-14)16-6-4-15(5-7-16)19-17(22)18-10-13-20(2)3/h4-7,14H,8-13H2,1-3H3,(H2,18,19,22). The van der Waals surface area contributed by atoms with Crippen LogP contribution in [-0.4, -0.2) is 51.2 Å². The Balaban J connectivity index is 1.80. The van der Waals surface area contributed by atoms with Crippen molar-refractivity contribution in [3.8, 4) is 0 Å². The number of likely N-dealkylation sites (N-methyl/N-ethyl adjacent to an activating group) is 1. The molecule has 1 saturated heterocycles. The highest BCUT2D eigenvalue weighted by molar-refractivity contribution is 5.89. The Labute approximate surface area is 133 Å². The molecule has 122 valence electrons. The smallest absolute Gasteiger partial charge is 0.319 e. The van der Waals surface area contributed by atoms with Gasteiger partial charge in [0.25, 0.3) is 0 Å². The molecule has 1 aliphatic heterocycles. The summed E-state index contributed by atoms with van der Waals surface area (Å²) in [7, 11) is 3.97. The Morgan fingerprint density at radius 1 is 1.23 bits per heavy atom. The van der Waals surface area contributed by atoms with Crippen LogP contribution in [0.15, 0.2) is 24.3 Å². The molecule has 2 rings (SSSR count). The molecule has 1 aromatic carbocycles. The van der Waals surface area contributed by atoms with Crippen molar-refractivity contribution in [2.24, 2.45) is 5.92 Å². The zero-order chi connectivity index (χ0) is 15.9. The van der Waals surface area contributed by atoms with Crippen LogP contribution in [0.25, 0.3) is 0 Å². The molecule has 0 atom stereocenters. The maximum Gasteiger partial charge on any atom is 0.319 e. The number of nitrogens with zero attached hydrogens (tertiary/aromatic N) is 2. The van der Waals surface area contributed by atoms with Gasteiger partial charge in [-0.2, -0.15) is 0 Å². The number of hydrogen-bond donors (Lipinski definition) is 2. The SMILES string of the molecule is CC1CCN(c2ccc(NC(=O)NCCN(C)C)cc2)CC1. The molecule has 2 amide bonds. The van der Waals surface area contributed by atoms with Gasteiger partial charge in [-0.25, -0.2) is 4.79 Å². The fourth-order valence-corrected chi connectivity index (χ4v) is 2.59. The summed E-state index contributed by atoms with van der Waals surface area (Å²) >= 11 is 0. The molecular formula is C17H28N4O. The second kappa shape index (κ2) is 8.03. The van der Waals surface area contributed by atoms with Crippen LogP contribution in [0.1, 0.15) is 19.8 Å². The second-order valence-electron chi connectivity index (χ2n) is 6.40. The van der Waals surface area contributed by atoms with Crippen LogP contribution in [0, 0.1) is 5.92 Å². The van der Waals surface area contributed by atoms with E-state index in [1.165, 1.54) is 18.5 Å². The van der Waals surface area contributed by atoms with Crippen molar-refractivity contribution >= 4 is 17.4 Å². The van der Waals surface area contributed by atoms with E-state index in [1.807, 2.05) is 31.1 Å². The van der Waals surface area contributed by atoms with E-state index >= 15 is 0 Å². The molecule has 1 aliphatic rings. The van der Waals surface area contributed by atoms with Crippen molar-refractivity contribution in [2.75, 3.05) is 50.5 Å². The first-order valence-corrected chi connectivity index (χ1v) is 8.09. The number of hydrogen-bond acceptors (Lipinski definition) is 3. The van der Waals surface area contributed by atoms with E-state index in [2.05, 4.69) is 34.6 Å². The quantitative estimate of drug-likeness (QED) is 0.879. The molecule has 22 heavy (non-hydrogen) atoms. The summed E-state index contributed by atoms with van der Waals surface area (Å²) in [5.74, 6) is 0.836. The molecule has 0 radical (unpaired) electrons. The summed E-state index contributed by atoms with van der Waals surface area (Å²) in [5.41, 5.74) is 2.07. The Kier molecular flexibility index (Phi) is 6.07. The fraction of sp³-hybridized carbons (Fsp3) is 0.588. The van der Waals surface area contributed by atoms with Gasteiger partial charge in [-0.05, 0) is 57.1 Å². The third-order valence-electron chi connectivity index (χ3n) is 4.12. The number of carbonyl (C=O) groups excluding carboxylic acids is 1. The number of carbonyl (C=O) groups is 1. The van der Waals surface area contributed by atoms with Crippen molar-refractivity contribution in [1.82, 2.24) is 10.2 Å². The van der Waals surface area contributed by atoms with Gasteiger partial charge in [0.2, 0.25) is 0 Å². The first-order chi connectivity index (χ1) is 10.5. The average Bonchev–Trinajstić information content (AvgIpc) is 2.48. The van der Waals surface area contributed by atoms with Crippen LogP contribution < -0.4 is 15.5 Å². The van der Waals surface area contributed by atoms with Gasteiger partial charge in [-0.15, -0.1) is 0 Å². The minimum absolute atomic E-state index is 0.151. The Bertz CT molecular complexity index is 464. The van der Waals surface area contributed by atoms with Gasteiger partial charge in [0.15, 0.2) is 0 Å². The third-order valence-corrected chi connectivity index (χ3v) is 4.12. The minimum Gasteiger partial charge on any atom is -0.372 e. The molecule has 2 N–H and O–H groups in total. The van der Waals surface area contributed by atoms with Crippen LogP contribution in [0.4, 0.5) is 16.2 Å². The van der Waals surface area contributed by atoms with Crippen molar-refractivity contribution < 1.29 is 4.79 Å². The minimum atomic E-state index is -0.151. The monoisotopic (exact) mass is 304 g/mol. The highest BCUT2D eigenvalue weighted by Gasteiger charge is 2.15. The van der Waals surface area contributed by atoms with Gasteiger partial charge in [-0.3, -0.25) is 0 Å². The van der Waals surface area contributed by atoms with Crippen molar-refractivity contribution in [3.63, 3.8) is 0 Å².